The van der Waals surface area contributed by atoms with Gasteiger partial charge in [-0.2, -0.15) is 0 Å². The highest BCUT2D eigenvalue weighted by Gasteiger charge is 2.03. The summed E-state index contributed by atoms with van der Waals surface area (Å²) in [6, 6.07) is 8.27. The van der Waals surface area contributed by atoms with Crippen LogP contribution in [0.2, 0.25) is 0 Å². The van der Waals surface area contributed by atoms with E-state index in [-0.39, 0.29) is 0 Å². The first-order chi connectivity index (χ1) is 7.72. The fourth-order valence-corrected chi connectivity index (χ4v) is 4.29. The third-order valence-corrected chi connectivity index (χ3v) is 5.35. The molecule has 1 nitrogen and oxygen atoms in total. The van der Waals surface area contributed by atoms with E-state index in [4.69, 9.17) is 12.2 Å². The molecule has 80 valence electrons. The number of benzene rings is 1. The summed E-state index contributed by atoms with van der Waals surface area (Å²) < 4.78 is 6.75. The molecule has 0 amide bonds. The topological polar surface area (TPSA) is 4.93 Å². The predicted molar refractivity (Wildman–Crippen MR) is 77.6 cm³/mol. The second kappa shape index (κ2) is 4.07. The maximum atomic E-state index is 5.17. The van der Waals surface area contributed by atoms with Crippen LogP contribution in [0.5, 0.6) is 0 Å². The van der Waals surface area contributed by atoms with E-state index in [9.17, 15) is 0 Å². The molecule has 2 aromatic heterocycles. The van der Waals surface area contributed by atoms with E-state index in [1.807, 2.05) is 12.1 Å². The summed E-state index contributed by atoms with van der Waals surface area (Å²) in [7, 11) is 0. The van der Waals surface area contributed by atoms with Gasteiger partial charge in [-0.15, -0.1) is 22.7 Å². The van der Waals surface area contributed by atoms with Crippen LogP contribution < -0.4 is 0 Å². The van der Waals surface area contributed by atoms with Gasteiger partial charge in [-0.1, -0.05) is 28.1 Å². The van der Waals surface area contributed by atoms with Crippen LogP contribution in [0.1, 0.15) is 0 Å². The first-order valence-corrected chi connectivity index (χ1v) is 7.43. The van der Waals surface area contributed by atoms with Gasteiger partial charge < -0.3 is 4.57 Å². The van der Waals surface area contributed by atoms with Crippen molar-refractivity contribution < 1.29 is 0 Å². The van der Waals surface area contributed by atoms with Gasteiger partial charge in [0.15, 0.2) is 0 Å². The van der Waals surface area contributed by atoms with E-state index < -0.39 is 0 Å². The Balaban J connectivity index is 2.15. The number of halogens is 1. The summed E-state index contributed by atoms with van der Waals surface area (Å²) in [4.78, 5) is 0. The first-order valence-electron chi connectivity index (χ1n) is 4.60. The van der Waals surface area contributed by atoms with Gasteiger partial charge in [0.2, 0.25) is 0 Å². The lowest BCUT2D eigenvalue weighted by Crippen LogP contribution is -1.87. The summed E-state index contributed by atoms with van der Waals surface area (Å²) in [5.74, 6) is 0. The van der Waals surface area contributed by atoms with Gasteiger partial charge in [-0.25, -0.2) is 0 Å². The average molecular weight is 328 g/mol. The van der Waals surface area contributed by atoms with Crippen molar-refractivity contribution in [1.29, 1.82) is 0 Å². The maximum Gasteiger partial charge on any atom is 0.144 e. The van der Waals surface area contributed by atoms with Gasteiger partial charge in [0.25, 0.3) is 0 Å². The second-order valence-electron chi connectivity index (χ2n) is 3.32. The number of nitrogens with zero attached hydrogens (tertiary/aromatic N) is 1. The molecule has 0 saturated heterocycles. The fraction of sp³-hybridized carbons (Fsp3) is 0. The average Bonchev–Trinajstić information content (AvgIpc) is 2.75. The number of fused-ring (bicyclic) bond motifs is 1. The highest BCUT2D eigenvalue weighted by molar-refractivity contribution is 9.10. The quantitative estimate of drug-likeness (QED) is 0.553. The summed E-state index contributed by atoms with van der Waals surface area (Å²) in [6.07, 6.45) is 4.27. The van der Waals surface area contributed by atoms with Crippen LogP contribution in [0.15, 0.2) is 41.1 Å². The molecule has 3 aromatic rings. The largest absolute Gasteiger partial charge is 0.321 e. The van der Waals surface area contributed by atoms with Gasteiger partial charge in [-0.05, 0) is 24.3 Å². The Morgan fingerprint density at radius 2 is 1.56 bits per heavy atom. The molecule has 0 spiro atoms. The Hall–Kier alpha value is -0.490. The summed E-state index contributed by atoms with van der Waals surface area (Å²) >= 11 is 11.9. The molecule has 5 heteroatoms. The standard InChI is InChI=1S/C11H6BrNS3/c12-7-1-3-8(4-2-7)13-5-9-10(6-13)16-11(14)15-9/h1-6H. The molecule has 0 bridgehead atoms. The SMILES string of the molecule is S=c1sc2cn(-c3ccc(Br)cc3)cc2s1. The third kappa shape index (κ3) is 1.88. The fourth-order valence-electron chi connectivity index (χ4n) is 1.53. The van der Waals surface area contributed by atoms with Crippen LogP contribution in [0.4, 0.5) is 0 Å². The zero-order chi connectivity index (χ0) is 11.1. The van der Waals surface area contributed by atoms with Crippen LogP contribution in [-0.4, -0.2) is 4.57 Å². The lowest BCUT2D eigenvalue weighted by Gasteiger charge is -2.01. The minimum atomic E-state index is 0.993. The van der Waals surface area contributed by atoms with Crippen molar-refractivity contribution in [2.75, 3.05) is 0 Å². The molecule has 0 N–H and O–H groups in total. The smallest absolute Gasteiger partial charge is 0.144 e. The molecule has 2 heterocycles. The van der Waals surface area contributed by atoms with Gasteiger partial charge in [0.05, 0.1) is 9.40 Å². The van der Waals surface area contributed by atoms with E-state index in [1.165, 1.54) is 15.1 Å². The van der Waals surface area contributed by atoms with Gasteiger partial charge in [-0.3, -0.25) is 0 Å². The van der Waals surface area contributed by atoms with Crippen LogP contribution >= 0.6 is 50.8 Å². The van der Waals surface area contributed by atoms with Crippen molar-refractivity contribution in [3.8, 4) is 5.69 Å². The zero-order valence-electron chi connectivity index (χ0n) is 8.01. The van der Waals surface area contributed by atoms with E-state index in [0.29, 0.717) is 0 Å². The third-order valence-electron chi connectivity index (χ3n) is 2.27. The van der Waals surface area contributed by atoms with Crippen molar-refractivity contribution in [2.24, 2.45) is 0 Å². The molecule has 16 heavy (non-hydrogen) atoms. The molecule has 0 radical (unpaired) electrons. The molecule has 0 aliphatic rings. The van der Waals surface area contributed by atoms with Crippen molar-refractivity contribution in [3.05, 3.63) is 44.3 Å². The molecule has 0 saturated carbocycles. The van der Waals surface area contributed by atoms with Crippen molar-refractivity contribution >= 4 is 60.2 Å². The van der Waals surface area contributed by atoms with E-state index in [0.717, 1.165) is 7.61 Å². The summed E-state index contributed by atoms with van der Waals surface area (Å²) in [6.45, 7) is 0. The van der Waals surface area contributed by atoms with Crippen LogP contribution in [-0.2, 0) is 0 Å². The summed E-state index contributed by atoms with van der Waals surface area (Å²) in [5.41, 5.74) is 1.17. The van der Waals surface area contributed by atoms with Crippen LogP contribution in [0, 0.1) is 3.14 Å². The Morgan fingerprint density at radius 3 is 2.12 bits per heavy atom. The van der Waals surface area contributed by atoms with Gasteiger partial charge >= 0.3 is 0 Å². The molecule has 1 aromatic carbocycles. The maximum absolute atomic E-state index is 5.17. The monoisotopic (exact) mass is 327 g/mol. The number of aromatic nitrogens is 1. The molecule has 0 aliphatic carbocycles. The Morgan fingerprint density at radius 1 is 1.00 bits per heavy atom. The number of rotatable bonds is 1. The Bertz CT molecular complexity index is 655. The van der Waals surface area contributed by atoms with Crippen molar-refractivity contribution in [2.45, 2.75) is 0 Å². The van der Waals surface area contributed by atoms with E-state index >= 15 is 0 Å². The number of hydrogen-bond donors (Lipinski definition) is 0. The lowest BCUT2D eigenvalue weighted by atomic mass is 10.3. The summed E-state index contributed by atoms with van der Waals surface area (Å²) in [5, 5.41) is 0. The van der Waals surface area contributed by atoms with Crippen LogP contribution in [0.3, 0.4) is 0 Å². The molecule has 0 aliphatic heterocycles. The number of hydrogen-bond acceptors (Lipinski definition) is 3. The van der Waals surface area contributed by atoms with E-state index in [2.05, 4.69) is 45.0 Å². The highest BCUT2D eigenvalue weighted by Crippen LogP contribution is 2.30. The predicted octanol–water partition coefficient (Wildman–Crippen LogP) is 5.25. The molecule has 0 unspecified atom stereocenters. The van der Waals surface area contributed by atoms with Crippen LogP contribution in [0.25, 0.3) is 15.1 Å². The first kappa shape index (κ1) is 10.7. The zero-order valence-corrected chi connectivity index (χ0v) is 12.0. The molecular formula is C11H6BrNS3. The Labute approximate surface area is 114 Å². The minimum absolute atomic E-state index is 0.993. The van der Waals surface area contributed by atoms with Gasteiger partial charge in [0, 0.05) is 22.6 Å². The normalized spacial score (nSPS) is 11.1. The van der Waals surface area contributed by atoms with Gasteiger partial charge in [0.1, 0.15) is 3.14 Å². The van der Waals surface area contributed by atoms with Crippen molar-refractivity contribution in [1.82, 2.24) is 4.57 Å². The molecular weight excluding hydrogens is 322 g/mol. The highest BCUT2D eigenvalue weighted by atomic mass is 79.9. The minimum Gasteiger partial charge on any atom is -0.321 e. The Kier molecular flexibility index (Phi) is 2.71. The van der Waals surface area contributed by atoms with Crippen molar-refractivity contribution in [3.63, 3.8) is 0 Å². The second-order valence-corrected chi connectivity index (χ2v) is 7.53. The lowest BCUT2D eigenvalue weighted by molar-refractivity contribution is 1.09. The molecule has 3 rings (SSSR count). The molecule has 0 fully saturated rings. The molecule has 0 atom stereocenters. The van der Waals surface area contributed by atoms with E-state index in [1.54, 1.807) is 22.7 Å².